The molecule has 3 nitrogen and oxygen atoms in total. The minimum Gasteiger partial charge on any atom is -0.319 e. The molecule has 0 saturated heterocycles. The number of rotatable bonds is 2. The molecular formula is C21H24IrN3-. The molecule has 25 heavy (non-hydrogen) atoms. The Hall–Kier alpha value is -1.77. The average Bonchev–Trinajstić information content (AvgIpc) is 2.92. The standard InChI is InChI=1S/C21H24N3.Ir/c1-14-9-7-12-17(13-14)19-22-23-20(21(4,5)6)24(19)18-15(2)10-8-11-16(18)3;/h7-11,13H,1-6H3;/q-1;. The predicted molar refractivity (Wildman–Crippen MR) is 98.5 cm³/mol. The first kappa shape index (κ1) is 19.6. The van der Waals surface area contributed by atoms with Crippen LogP contribution in [0, 0.1) is 26.8 Å². The van der Waals surface area contributed by atoms with Crippen LogP contribution in [-0.4, -0.2) is 14.8 Å². The molecule has 0 bridgehead atoms. The number of benzene rings is 2. The summed E-state index contributed by atoms with van der Waals surface area (Å²) in [6.07, 6.45) is 0. The molecule has 2 aromatic carbocycles. The topological polar surface area (TPSA) is 30.7 Å². The zero-order valence-electron chi connectivity index (χ0n) is 15.6. The first-order valence-electron chi connectivity index (χ1n) is 8.30. The van der Waals surface area contributed by atoms with E-state index in [-0.39, 0.29) is 25.5 Å². The summed E-state index contributed by atoms with van der Waals surface area (Å²) < 4.78 is 2.20. The SMILES string of the molecule is Cc1cc[c-]c(-c2nnc(C(C)(C)C)n2-c2c(C)cccc2C)c1.[Ir]. The Balaban J connectivity index is 0.00000225. The van der Waals surface area contributed by atoms with Gasteiger partial charge in [-0.2, -0.15) is 5.10 Å². The Bertz CT molecular complexity index is 868. The maximum absolute atomic E-state index is 4.55. The van der Waals surface area contributed by atoms with Crippen LogP contribution in [0.5, 0.6) is 0 Å². The molecule has 0 aliphatic carbocycles. The maximum Gasteiger partial charge on any atom is 0.133 e. The molecule has 0 spiro atoms. The third-order valence-corrected chi connectivity index (χ3v) is 4.19. The summed E-state index contributed by atoms with van der Waals surface area (Å²) in [4.78, 5) is 0. The average molecular weight is 511 g/mol. The van der Waals surface area contributed by atoms with Crippen molar-refractivity contribution in [2.75, 3.05) is 0 Å². The van der Waals surface area contributed by atoms with Crippen molar-refractivity contribution in [2.24, 2.45) is 0 Å². The monoisotopic (exact) mass is 511 g/mol. The number of nitrogens with zero attached hydrogens (tertiary/aromatic N) is 3. The van der Waals surface area contributed by atoms with E-state index >= 15 is 0 Å². The van der Waals surface area contributed by atoms with Gasteiger partial charge in [0.05, 0.1) is 5.82 Å². The van der Waals surface area contributed by atoms with Crippen LogP contribution in [-0.2, 0) is 25.5 Å². The van der Waals surface area contributed by atoms with E-state index in [0.29, 0.717) is 0 Å². The van der Waals surface area contributed by atoms with Crippen LogP contribution in [0.4, 0.5) is 0 Å². The van der Waals surface area contributed by atoms with Gasteiger partial charge in [0.15, 0.2) is 0 Å². The van der Waals surface area contributed by atoms with Gasteiger partial charge in [0.2, 0.25) is 0 Å². The molecule has 0 aliphatic rings. The van der Waals surface area contributed by atoms with E-state index in [4.69, 9.17) is 0 Å². The van der Waals surface area contributed by atoms with Gasteiger partial charge < -0.3 is 4.57 Å². The molecule has 1 heterocycles. The van der Waals surface area contributed by atoms with E-state index in [1.165, 1.54) is 16.7 Å². The fraction of sp³-hybridized carbons (Fsp3) is 0.333. The molecule has 0 fully saturated rings. The molecule has 0 unspecified atom stereocenters. The molecule has 0 saturated carbocycles. The van der Waals surface area contributed by atoms with Crippen molar-refractivity contribution in [1.82, 2.24) is 14.8 Å². The first-order chi connectivity index (χ1) is 11.3. The van der Waals surface area contributed by atoms with Gasteiger partial charge in [0, 0.05) is 31.2 Å². The quantitative estimate of drug-likeness (QED) is 0.457. The first-order valence-corrected chi connectivity index (χ1v) is 8.30. The molecule has 133 valence electrons. The van der Waals surface area contributed by atoms with Crippen molar-refractivity contribution in [3.63, 3.8) is 0 Å². The van der Waals surface area contributed by atoms with Gasteiger partial charge in [0.25, 0.3) is 0 Å². The van der Waals surface area contributed by atoms with Crippen molar-refractivity contribution in [1.29, 1.82) is 0 Å². The van der Waals surface area contributed by atoms with Crippen LogP contribution in [0.3, 0.4) is 0 Å². The van der Waals surface area contributed by atoms with Crippen LogP contribution >= 0.6 is 0 Å². The van der Waals surface area contributed by atoms with Crippen LogP contribution in [0.1, 0.15) is 43.3 Å². The predicted octanol–water partition coefficient (Wildman–Crippen LogP) is 4.95. The Morgan fingerprint density at radius 1 is 0.960 bits per heavy atom. The van der Waals surface area contributed by atoms with Gasteiger partial charge in [-0.05, 0) is 25.0 Å². The van der Waals surface area contributed by atoms with Gasteiger partial charge in [0.1, 0.15) is 5.82 Å². The van der Waals surface area contributed by atoms with Gasteiger partial charge in [-0.3, -0.25) is 0 Å². The van der Waals surface area contributed by atoms with Gasteiger partial charge in [-0.1, -0.05) is 45.9 Å². The molecule has 3 aromatic rings. The van der Waals surface area contributed by atoms with Crippen molar-refractivity contribution < 1.29 is 20.1 Å². The summed E-state index contributed by atoms with van der Waals surface area (Å²) in [6, 6.07) is 15.8. The van der Waals surface area contributed by atoms with Crippen LogP contribution in [0.25, 0.3) is 17.1 Å². The third-order valence-electron chi connectivity index (χ3n) is 4.19. The van der Waals surface area contributed by atoms with E-state index in [0.717, 1.165) is 22.9 Å². The summed E-state index contributed by atoms with van der Waals surface area (Å²) in [7, 11) is 0. The van der Waals surface area contributed by atoms with E-state index in [1.54, 1.807) is 0 Å². The maximum atomic E-state index is 4.55. The van der Waals surface area contributed by atoms with Crippen LogP contribution in [0.2, 0.25) is 0 Å². The number of aryl methyl sites for hydroxylation is 3. The van der Waals surface area contributed by atoms with Crippen LogP contribution < -0.4 is 0 Å². The molecule has 0 amide bonds. The summed E-state index contributed by atoms with van der Waals surface area (Å²) >= 11 is 0. The zero-order valence-corrected chi connectivity index (χ0v) is 18.0. The van der Waals surface area contributed by atoms with E-state index in [9.17, 15) is 0 Å². The Morgan fingerprint density at radius 2 is 1.60 bits per heavy atom. The molecule has 3 rings (SSSR count). The molecular weight excluding hydrogens is 486 g/mol. The summed E-state index contributed by atoms with van der Waals surface area (Å²) in [5, 5.41) is 9.08. The second-order valence-corrected chi connectivity index (χ2v) is 7.45. The third kappa shape index (κ3) is 3.75. The van der Waals surface area contributed by atoms with E-state index in [1.807, 2.05) is 12.1 Å². The number of hydrogen-bond donors (Lipinski definition) is 0. The largest absolute Gasteiger partial charge is 0.319 e. The van der Waals surface area contributed by atoms with Crippen molar-refractivity contribution in [2.45, 2.75) is 47.0 Å². The Labute approximate surface area is 163 Å². The van der Waals surface area contributed by atoms with Gasteiger partial charge in [-0.25, -0.2) is 0 Å². The molecule has 0 aliphatic heterocycles. The van der Waals surface area contributed by atoms with E-state index in [2.05, 4.69) is 86.6 Å². The summed E-state index contributed by atoms with van der Waals surface area (Å²) in [6.45, 7) is 12.9. The van der Waals surface area contributed by atoms with Crippen molar-refractivity contribution in [3.05, 3.63) is 65.0 Å². The molecule has 0 N–H and O–H groups in total. The number of para-hydroxylation sites is 1. The Morgan fingerprint density at radius 3 is 2.16 bits per heavy atom. The molecule has 1 radical (unpaired) electrons. The second-order valence-electron chi connectivity index (χ2n) is 7.45. The molecule has 1 aromatic heterocycles. The van der Waals surface area contributed by atoms with Crippen molar-refractivity contribution >= 4 is 0 Å². The molecule has 4 heteroatoms. The van der Waals surface area contributed by atoms with Gasteiger partial charge >= 0.3 is 0 Å². The van der Waals surface area contributed by atoms with Crippen LogP contribution in [0.15, 0.2) is 36.4 Å². The minimum absolute atomic E-state index is 0. The smallest absolute Gasteiger partial charge is 0.133 e. The number of aromatic nitrogens is 3. The van der Waals surface area contributed by atoms with Gasteiger partial charge in [-0.15, -0.1) is 40.5 Å². The normalized spacial score (nSPS) is 11.3. The zero-order chi connectivity index (χ0) is 17.5. The number of hydrogen-bond acceptors (Lipinski definition) is 2. The molecule has 0 atom stereocenters. The summed E-state index contributed by atoms with van der Waals surface area (Å²) in [5.74, 6) is 1.81. The van der Waals surface area contributed by atoms with E-state index < -0.39 is 0 Å². The van der Waals surface area contributed by atoms with Crippen molar-refractivity contribution in [3.8, 4) is 17.1 Å². The second kappa shape index (κ2) is 7.23. The summed E-state index contributed by atoms with van der Waals surface area (Å²) in [5.41, 5.74) is 5.66. The fourth-order valence-electron chi connectivity index (χ4n) is 3.02. The Kier molecular flexibility index (Phi) is 5.65. The fourth-order valence-corrected chi connectivity index (χ4v) is 3.02. The minimum atomic E-state index is -0.107.